The fourth-order valence-corrected chi connectivity index (χ4v) is 3.30. The Bertz CT molecular complexity index is 856. The van der Waals surface area contributed by atoms with Gasteiger partial charge in [-0.3, -0.25) is 4.79 Å². The van der Waals surface area contributed by atoms with Crippen LogP contribution in [0.2, 0.25) is 0 Å². The number of ether oxygens (including phenoxy) is 1. The van der Waals surface area contributed by atoms with Gasteiger partial charge in [0.15, 0.2) is 0 Å². The largest absolute Gasteiger partial charge is 0.497 e. The average Bonchev–Trinajstić information content (AvgIpc) is 3.13. The monoisotopic (exact) mass is 352 g/mol. The van der Waals surface area contributed by atoms with Crippen LogP contribution in [0.4, 0.5) is 5.69 Å². The molecule has 1 heterocycles. The normalized spacial score (nSPS) is 10.5. The third kappa shape index (κ3) is 4.25. The van der Waals surface area contributed by atoms with Gasteiger partial charge in [-0.15, -0.1) is 11.3 Å². The van der Waals surface area contributed by atoms with Crippen molar-refractivity contribution in [2.24, 2.45) is 0 Å². The van der Waals surface area contributed by atoms with E-state index in [9.17, 15) is 4.79 Å². The number of carbonyl (C=O) groups is 1. The Morgan fingerprint density at radius 2 is 1.96 bits per heavy atom. The van der Waals surface area contributed by atoms with Gasteiger partial charge < -0.3 is 10.1 Å². The van der Waals surface area contributed by atoms with Gasteiger partial charge in [0.2, 0.25) is 5.91 Å². The summed E-state index contributed by atoms with van der Waals surface area (Å²) in [7, 11) is 1.66. The first-order chi connectivity index (χ1) is 12.2. The zero-order valence-corrected chi connectivity index (χ0v) is 15.1. The molecule has 0 saturated heterocycles. The first kappa shape index (κ1) is 17.2. The van der Waals surface area contributed by atoms with Crippen molar-refractivity contribution in [3.8, 4) is 27.6 Å². The zero-order chi connectivity index (χ0) is 17.6. The molecule has 2 aromatic carbocycles. The summed E-state index contributed by atoms with van der Waals surface area (Å²) in [6, 6.07) is 15.7. The topological polar surface area (TPSA) is 51.2 Å². The number of carbonyl (C=O) groups excluding carboxylic acids is 1. The molecule has 0 aliphatic heterocycles. The highest BCUT2D eigenvalue weighted by Crippen LogP contribution is 2.31. The van der Waals surface area contributed by atoms with Gasteiger partial charge in [-0.1, -0.05) is 31.2 Å². The Labute approximate surface area is 151 Å². The second-order valence-electron chi connectivity index (χ2n) is 5.65. The molecule has 0 atom stereocenters. The molecule has 0 spiro atoms. The molecule has 25 heavy (non-hydrogen) atoms. The molecule has 4 nitrogen and oxygen atoms in total. The number of methoxy groups -OCH3 is 1. The molecule has 1 N–H and O–H groups in total. The number of benzene rings is 2. The third-order valence-corrected chi connectivity index (χ3v) is 4.65. The molecule has 1 aromatic heterocycles. The lowest BCUT2D eigenvalue weighted by Crippen LogP contribution is -2.10. The number of nitrogens with zero attached hydrogens (tertiary/aromatic N) is 1. The van der Waals surface area contributed by atoms with Crippen molar-refractivity contribution < 1.29 is 9.53 Å². The number of anilines is 1. The van der Waals surface area contributed by atoms with Crippen LogP contribution < -0.4 is 10.1 Å². The van der Waals surface area contributed by atoms with E-state index in [0.29, 0.717) is 6.42 Å². The molecule has 1 amide bonds. The molecule has 0 unspecified atom stereocenters. The van der Waals surface area contributed by atoms with Crippen LogP contribution in [0.3, 0.4) is 0 Å². The summed E-state index contributed by atoms with van der Waals surface area (Å²) in [5.74, 6) is 0.866. The van der Waals surface area contributed by atoms with Crippen molar-refractivity contribution in [3.05, 3.63) is 53.9 Å². The van der Waals surface area contributed by atoms with E-state index < -0.39 is 0 Å². The summed E-state index contributed by atoms with van der Waals surface area (Å²) in [5.41, 5.74) is 3.80. The SMILES string of the molecule is CCCC(=O)Nc1ccc(-c2csc(-c3cccc(OC)c3)n2)cc1. The van der Waals surface area contributed by atoms with Crippen molar-refractivity contribution in [2.45, 2.75) is 19.8 Å². The van der Waals surface area contributed by atoms with Crippen LogP contribution in [-0.4, -0.2) is 18.0 Å². The second-order valence-corrected chi connectivity index (χ2v) is 6.50. The summed E-state index contributed by atoms with van der Waals surface area (Å²) in [5, 5.41) is 5.89. The van der Waals surface area contributed by atoms with E-state index >= 15 is 0 Å². The molecule has 3 rings (SSSR count). The highest BCUT2D eigenvalue weighted by molar-refractivity contribution is 7.13. The second kappa shape index (κ2) is 7.94. The van der Waals surface area contributed by atoms with E-state index in [-0.39, 0.29) is 5.91 Å². The average molecular weight is 352 g/mol. The molecule has 0 aliphatic rings. The van der Waals surface area contributed by atoms with Crippen LogP contribution in [0.15, 0.2) is 53.9 Å². The first-order valence-electron chi connectivity index (χ1n) is 8.20. The lowest BCUT2D eigenvalue weighted by molar-refractivity contribution is -0.116. The summed E-state index contributed by atoms with van der Waals surface area (Å²) >= 11 is 1.60. The predicted octanol–water partition coefficient (Wildman–Crippen LogP) is 5.22. The van der Waals surface area contributed by atoms with Crippen molar-refractivity contribution in [1.29, 1.82) is 0 Å². The molecule has 0 saturated carbocycles. The van der Waals surface area contributed by atoms with Crippen LogP contribution in [0, 0.1) is 0 Å². The van der Waals surface area contributed by atoms with Crippen molar-refractivity contribution in [3.63, 3.8) is 0 Å². The highest BCUT2D eigenvalue weighted by Gasteiger charge is 2.08. The van der Waals surface area contributed by atoms with Gasteiger partial charge in [-0.05, 0) is 30.7 Å². The summed E-state index contributed by atoms with van der Waals surface area (Å²) < 4.78 is 5.27. The summed E-state index contributed by atoms with van der Waals surface area (Å²) in [6.07, 6.45) is 1.38. The van der Waals surface area contributed by atoms with Gasteiger partial charge in [0.1, 0.15) is 10.8 Å². The standard InChI is InChI=1S/C20H20N2O2S/c1-3-5-19(23)21-16-10-8-14(9-11-16)18-13-25-20(22-18)15-6-4-7-17(12-15)24-2/h4,6-13H,3,5H2,1-2H3,(H,21,23). The minimum atomic E-state index is 0.0456. The lowest BCUT2D eigenvalue weighted by atomic mass is 10.1. The Kier molecular flexibility index (Phi) is 5.46. The van der Waals surface area contributed by atoms with Gasteiger partial charge in [0.25, 0.3) is 0 Å². The number of amides is 1. The smallest absolute Gasteiger partial charge is 0.224 e. The third-order valence-electron chi connectivity index (χ3n) is 3.76. The zero-order valence-electron chi connectivity index (χ0n) is 14.3. The number of aromatic nitrogens is 1. The molecule has 128 valence electrons. The van der Waals surface area contributed by atoms with Crippen molar-refractivity contribution in [2.75, 3.05) is 12.4 Å². The van der Waals surface area contributed by atoms with E-state index in [4.69, 9.17) is 9.72 Å². The van der Waals surface area contributed by atoms with E-state index in [1.54, 1.807) is 18.4 Å². The Morgan fingerprint density at radius 3 is 2.68 bits per heavy atom. The van der Waals surface area contributed by atoms with E-state index in [2.05, 4.69) is 5.32 Å². The Balaban J connectivity index is 1.76. The molecular formula is C20H20N2O2S. The fourth-order valence-electron chi connectivity index (χ4n) is 2.47. The molecule has 3 aromatic rings. The molecule has 0 aliphatic carbocycles. The maximum Gasteiger partial charge on any atom is 0.224 e. The van der Waals surface area contributed by atoms with Crippen LogP contribution in [0.5, 0.6) is 5.75 Å². The van der Waals surface area contributed by atoms with Crippen LogP contribution >= 0.6 is 11.3 Å². The van der Waals surface area contributed by atoms with Crippen molar-refractivity contribution >= 4 is 22.9 Å². The quantitative estimate of drug-likeness (QED) is 0.661. The molecule has 0 radical (unpaired) electrons. The number of rotatable bonds is 6. The molecule has 0 bridgehead atoms. The van der Waals surface area contributed by atoms with Crippen molar-refractivity contribution in [1.82, 2.24) is 4.98 Å². The van der Waals surface area contributed by atoms with Crippen LogP contribution in [0.25, 0.3) is 21.8 Å². The number of nitrogens with one attached hydrogen (secondary N) is 1. The maximum atomic E-state index is 11.6. The molecular weight excluding hydrogens is 332 g/mol. The number of hydrogen-bond donors (Lipinski definition) is 1. The minimum Gasteiger partial charge on any atom is -0.497 e. The number of hydrogen-bond acceptors (Lipinski definition) is 4. The molecule has 5 heteroatoms. The first-order valence-corrected chi connectivity index (χ1v) is 9.08. The fraction of sp³-hybridized carbons (Fsp3) is 0.200. The van der Waals surface area contributed by atoms with Crippen LogP contribution in [-0.2, 0) is 4.79 Å². The van der Waals surface area contributed by atoms with Gasteiger partial charge in [0.05, 0.1) is 12.8 Å². The van der Waals surface area contributed by atoms with E-state index in [1.807, 2.05) is 60.8 Å². The Morgan fingerprint density at radius 1 is 1.16 bits per heavy atom. The van der Waals surface area contributed by atoms with Gasteiger partial charge in [-0.2, -0.15) is 0 Å². The minimum absolute atomic E-state index is 0.0456. The van der Waals surface area contributed by atoms with Crippen LogP contribution in [0.1, 0.15) is 19.8 Å². The predicted molar refractivity (Wildman–Crippen MR) is 103 cm³/mol. The highest BCUT2D eigenvalue weighted by atomic mass is 32.1. The molecule has 0 fully saturated rings. The summed E-state index contributed by atoms with van der Waals surface area (Å²) in [6.45, 7) is 1.99. The van der Waals surface area contributed by atoms with Gasteiger partial charge in [-0.25, -0.2) is 4.98 Å². The van der Waals surface area contributed by atoms with Gasteiger partial charge in [0, 0.05) is 28.6 Å². The van der Waals surface area contributed by atoms with Gasteiger partial charge >= 0.3 is 0 Å². The number of thiazole rings is 1. The Hall–Kier alpha value is -2.66. The van der Waals surface area contributed by atoms with E-state index in [1.165, 1.54) is 0 Å². The summed E-state index contributed by atoms with van der Waals surface area (Å²) in [4.78, 5) is 16.4. The maximum absolute atomic E-state index is 11.6. The van der Waals surface area contributed by atoms with E-state index in [0.717, 1.165) is 39.7 Å². The lowest BCUT2D eigenvalue weighted by Gasteiger charge is -2.05.